The van der Waals surface area contributed by atoms with Gasteiger partial charge in [-0.05, 0) is 18.8 Å². The molecule has 2 atom stereocenters. The van der Waals surface area contributed by atoms with Crippen LogP contribution in [0, 0.1) is 5.92 Å². The number of unbranched alkanes of at least 4 members (excludes halogenated alkanes) is 16. The van der Waals surface area contributed by atoms with Gasteiger partial charge in [0.05, 0.1) is 12.7 Å². The average molecular weight is 415 g/mol. The zero-order chi connectivity index (χ0) is 21.4. The fraction of sp³-hybridized carbons (Fsp3) is 1.00. The van der Waals surface area contributed by atoms with Crippen LogP contribution < -0.4 is 0 Å². The first kappa shape index (κ1) is 28.9. The maximum absolute atomic E-state index is 10.5. The molecule has 0 saturated heterocycles. The molecule has 3 heteroatoms. The van der Waals surface area contributed by atoms with Gasteiger partial charge in [-0.1, -0.05) is 129 Å². The van der Waals surface area contributed by atoms with Gasteiger partial charge in [0.2, 0.25) is 0 Å². The fourth-order valence-electron chi connectivity index (χ4n) is 4.37. The third-order valence-corrected chi connectivity index (χ3v) is 6.41. The highest BCUT2D eigenvalue weighted by Crippen LogP contribution is 2.24. The lowest BCUT2D eigenvalue weighted by Crippen LogP contribution is -2.22. The molecule has 0 radical (unpaired) electrons. The summed E-state index contributed by atoms with van der Waals surface area (Å²) in [6.07, 6.45) is 26.7. The summed E-state index contributed by atoms with van der Waals surface area (Å²) < 4.78 is 0. The second kappa shape index (κ2) is 24.2. The van der Waals surface area contributed by atoms with Gasteiger partial charge in [0.1, 0.15) is 0 Å². The molecular weight excluding hydrogens is 360 g/mol. The van der Waals surface area contributed by atoms with E-state index in [1.165, 1.54) is 116 Å². The Morgan fingerprint density at radius 3 is 1.21 bits per heavy atom. The summed E-state index contributed by atoms with van der Waals surface area (Å²) in [5, 5.41) is 19.1. The molecule has 0 heterocycles. The Kier molecular flexibility index (Phi) is 24.1. The first-order valence-electron chi connectivity index (χ1n) is 13.2. The lowest BCUT2D eigenvalue weighted by Gasteiger charge is -2.22. The van der Waals surface area contributed by atoms with Crippen molar-refractivity contribution in [3.63, 3.8) is 0 Å². The van der Waals surface area contributed by atoms with Crippen LogP contribution >= 0.6 is 0 Å². The smallest absolute Gasteiger partial charge is 0.0844 e. The van der Waals surface area contributed by atoms with Gasteiger partial charge in [-0.3, -0.25) is 5.26 Å². The van der Waals surface area contributed by atoms with Crippen molar-refractivity contribution < 1.29 is 15.3 Å². The minimum absolute atomic E-state index is 0.243. The summed E-state index contributed by atoms with van der Waals surface area (Å²) in [5.74, 6) is 0.374. The van der Waals surface area contributed by atoms with Crippen molar-refractivity contribution in [1.29, 1.82) is 0 Å². The molecule has 0 aliphatic rings. The molecule has 0 aromatic carbocycles. The van der Waals surface area contributed by atoms with E-state index in [2.05, 4.69) is 18.7 Å². The molecule has 0 rings (SSSR count). The van der Waals surface area contributed by atoms with Crippen molar-refractivity contribution >= 4 is 0 Å². The summed E-state index contributed by atoms with van der Waals surface area (Å²) in [4.78, 5) is 4.20. The second-order valence-electron chi connectivity index (χ2n) is 9.18. The first-order chi connectivity index (χ1) is 14.3. The van der Waals surface area contributed by atoms with Crippen molar-refractivity contribution in [3.8, 4) is 0 Å². The largest absolute Gasteiger partial charge is 0.393 e. The van der Waals surface area contributed by atoms with Gasteiger partial charge < -0.3 is 5.11 Å². The van der Waals surface area contributed by atoms with Gasteiger partial charge in [0.25, 0.3) is 0 Å². The van der Waals surface area contributed by atoms with E-state index in [9.17, 15) is 5.11 Å². The minimum Gasteiger partial charge on any atom is -0.393 e. The predicted molar refractivity (Wildman–Crippen MR) is 126 cm³/mol. The molecule has 2 N–H and O–H groups in total. The summed E-state index contributed by atoms with van der Waals surface area (Å²) >= 11 is 0. The minimum atomic E-state index is -0.328. The van der Waals surface area contributed by atoms with Crippen molar-refractivity contribution in [2.24, 2.45) is 5.92 Å². The van der Waals surface area contributed by atoms with Crippen LogP contribution in [-0.2, 0) is 4.89 Å². The SMILES string of the molecule is CCCCCCCCCCCCC(CCCCCCCCCC)C(O)CCOO. The summed E-state index contributed by atoms with van der Waals surface area (Å²) in [6, 6.07) is 0. The number of aliphatic hydroxyl groups excluding tert-OH is 1. The number of hydrogen-bond donors (Lipinski definition) is 2. The molecule has 0 aromatic heterocycles. The number of rotatable bonds is 24. The summed E-state index contributed by atoms with van der Waals surface area (Å²) in [6.45, 7) is 4.78. The van der Waals surface area contributed by atoms with Crippen LogP contribution in [0.4, 0.5) is 0 Å². The Morgan fingerprint density at radius 2 is 0.862 bits per heavy atom. The molecule has 3 nitrogen and oxygen atoms in total. The van der Waals surface area contributed by atoms with E-state index in [-0.39, 0.29) is 12.7 Å². The molecule has 29 heavy (non-hydrogen) atoms. The van der Waals surface area contributed by atoms with Gasteiger partial charge in [-0.15, -0.1) is 0 Å². The molecule has 0 fully saturated rings. The average Bonchev–Trinajstić information content (AvgIpc) is 2.73. The Hall–Kier alpha value is -0.120. The predicted octanol–water partition coefficient (Wildman–Crippen LogP) is 8.69. The van der Waals surface area contributed by atoms with Crippen LogP contribution in [0.3, 0.4) is 0 Å². The van der Waals surface area contributed by atoms with Crippen molar-refractivity contribution in [3.05, 3.63) is 0 Å². The van der Waals surface area contributed by atoms with Gasteiger partial charge >= 0.3 is 0 Å². The molecule has 0 spiro atoms. The van der Waals surface area contributed by atoms with Crippen molar-refractivity contribution in [1.82, 2.24) is 0 Å². The van der Waals surface area contributed by atoms with Crippen LogP contribution in [0.2, 0.25) is 0 Å². The first-order valence-corrected chi connectivity index (χ1v) is 13.2. The molecule has 0 aliphatic heterocycles. The van der Waals surface area contributed by atoms with E-state index in [0.717, 1.165) is 12.8 Å². The van der Waals surface area contributed by atoms with E-state index in [1.54, 1.807) is 0 Å². The monoisotopic (exact) mass is 414 g/mol. The highest BCUT2D eigenvalue weighted by atomic mass is 17.1. The van der Waals surface area contributed by atoms with Gasteiger partial charge in [0.15, 0.2) is 0 Å². The number of hydrogen-bond acceptors (Lipinski definition) is 3. The zero-order valence-corrected chi connectivity index (χ0v) is 20.0. The van der Waals surface area contributed by atoms with Gasteiger partial charge in [-0.25, -0.2) is 4.89 Å². The van der Waals surface area contributed by atoms with E-state index >= 15 is 0 Å². The fourth-order valence-corrected chi connectivity index (χ4v) is 4.37. The zero-order valence-electron chi connectivity index (χ0n) is 20.0. The topological polar surface area (TPSA) is 49.7 Å². The Morgan fingerprint density at radius 1 is 0.517 bits per heavy atom. The van der Waals surface area contributed by atoms with Crippen LogP contribution in [-0.4, -0.2) is 23.1 Å². The molecular formula is C26H54O3. The van der Waals surface area contributed by atoms with Crippen molar-refractivity contribution in [2.45, 2.75) is 155 Å². The highest BCUT2D eigenvalue weighted by Gasteiger charge is 2.18. The quantitative estimate of drug-likeness (QED) is 0.0943. The number of aliphatic hydroxyl groups is 1. The van der Waals surface area contributed by atoms with Gasteiger partial charge in [0, 0.05) is 6.42 Å². The summed E-state index contributed by atoms with van der Waals surface area (Å²) in [5.41, 5.74) is 0. The van der Waals surface area contributed by atoms with Crippen molar-refractivity contribution in [2.75, 3.05) is 6.61 Å². The molecule has 0 amide bonds. The van der Waals surface area contributed by atoms with Crippen LogP contribution in [0.25, 0.3) is 0 Å². The second-order valence-corrected chi connectivity index (χ2v) is 9.18. The highest BCUT2D eigenvalue weighted by molar-refractivity contribution is 4.70. The third-order valence-electron chi connectivity index (χ3n) is 6.41. The maximum atomic E-state index is 10.5. The lowest BCUT2D eigenvalue weighted by atomic mass is 9.88. The van der Waals surface area contributed by atoms with E-state index in [0.29, 0.717) is 12.3 Å². The molecule has 2 unspecified atom stereocenters. The van der Waals surface area contributed by atoms with E-state index < -0.39 is 0 Å². The lowest BCUT2D eigenvalue weighted by molar-refractivity contribution is -0.246. The third kappa shape index (κ3) is 20.9. The van der Waals surface area contributed by atoms with E-state index in [1.807, 2.05) is 0 Å². The van der Waals surface area contributed by atoms with E-state index in [4.69, 9.17) is 5.26 Å². The normalized spacial score (nSPS) is 13.7. The molecule has 0 aliphatic carbocycles. The molecule has 0 aromatic rings. The summed E-state index contributed by atoms with van der Waals surface area (Å²) in [7, 11) is 0. The van der Waals surface area contributed by atoms with Crippen LogP contribution in [0.15, 0.2) is 0 Å². The molecule has 176 valence electrons. The Bertz CT molecular complexity index is 296. The van der Waals surface area contributed by atoms with Gasteiger partial charge in [-0.2, -0.15) is 0 Å². The van der Waals surface area contributed by atoms with Crippen LogP contribution in [0.5, 0.6) is 0 Å². The standard InChI is InChI=1S/C26H54O3/c1-3-5-7-9-11-13-14-16-18-20-22-25(26(27)23-24-29-28)21-19-17-15-12-10-8-6-4-2/h25-28H,3-24H2,1-2H3. The molecule has 0 saturated carbocycles. The Balaban J connectivity index is 3.80. The van der Waals surface area contributed by atoms with Crippen LogP contribution in [0.1, 0.15) is 149 Å². The molecule has 0 bridgehead atoms. The Labute approximate surface area is 182 Å². The maximum Gasteiger partial charge on any atom is 0.0844 e.